The minimum absolute atomic E-state index is 0.364. The molecule has 0 aliphatic carbocycles. The van der Waals surface area contributed by atoms with Gasteiger partial charge in [0.15, 0.2) is 11.6 Å². The smallest absolute Gasteiger partial charge is 0.173 e. The average molecular weight is 551 g/mol. The van der Waals surface area contributed by atoms with Crippen molar-refractivity contribution in [2.24, 2.45) is 11.8 Å². The molecule has 4 atom stereocenters. The van der Waals surface area contributed by atoms with Crippen LogP contribution < -0.4 is 0 Å². The highest BCUT2D eigenvalue weighted by atomic mass is 16.8. The predicted molar refractivity (Wildman–Crippen MR) is 168 cm³/mol. The monoisotopic (exact) mass is 551 g/mol. The highest BCUT2D eigenvalue weighted by Crippen LogP contribution is 2.44. The molecule has 2 fully saturated rings. The van der Waals surface area contributed by atoms with Crippen molar-refractivity contribution < 1.29 is 14.2 Å². The molecule has 2 rings (SSSR count). The highest BCUT2D eigenvalue weighted by molar-refractivity contribution is 4.87. The van der Waals surface area contributed by atoms with E-state index >= 15 is 0 Å². The Balaban J connectivity index is 1.79. The fraction of sp³-hybridized carbons (Fsp3) is 1.00. The van der Waals surface area contributed by atoms with Crippen molar-refractivity contribution in [2.45, 2.75) is 206 Å². The molecule has 0 bridgehead atoms. The lowest BCUT2D eigenvalue weighted by Gasteiger charge is -2.52. The SMILES string of the molecule is CCCCCCC(CCCCC)CCCC1(OC2(CCCC(CCCCC)CCCCCC)CCO2)CCO1. The van der Waals surface area contributed by atoms with Gasteiger partial charge >= 0.3 is 0 Å². The van der Waals surface area contributed by atoms with E-state index in [-0.39, 0.29) is 11.6 Å². The third kappa shape index (κ3) is 14.6. The van der Waals surface area contributed by atoms with Crippen molar-refractivity contribution in [2.75, 3.05) is 13.2 Å². The maximum Gasteiger partial charge on any atom is 0.173 e. The molecule has 2 aliphatic rings. The molecule has 0 spiro atoms. The molecule has 0 aromatic rings. The van der Waals surface area contributed by atoms with Gasteiger partial charge in [0.25, 0.3) is 0 Å². The standard InChI is InChI=1S/C36H70O3/c1-5-9-13-17-23-33(21-15-11-7-3)25-19-27-35(29-31-37-35)39-36(30-32-38-36)28-20-26-34(22-16-12-8-4)24-18-14-10-6-2/h33-34H,5-32H2,1-4H3. The van der Waals surface area contributed by atoms with Crippen LogP contribution >= 0.6 is 0 Å². The first-order valence-corrected chi connectivity index (χ1v) is 18.1. The van der Waals surface area contributed by atoms with Crippen molar-refractivity contribution in [3.8, 4) is 0 Å². The quantitative estimate of drug-likeness (QED) is 0.0906. The Kier molecular flexibility index (Phi) is 19.4. The Morgan fingerprint density at radius 1 is 0.462 bits per heavy atom. The van der Waals surface area contributed by atoms with E-state index in [2.05, 4.69) is 27.7 Å². The molecule has 2 aliphatic heterocycles. The van der Waals surface area contributed by atoms with E-state index in [0.717, 1.165) is 50.7 Å². The van der Waals surface area contributed by atoms with E-state index in [1.54, 1.807) is 0 Å². The number of hydrogen-bond donors (Lipinski definition) is 0. The summed E-state index contributed by atoms with van der Waals surface area (Å²) < 4.78 is 19.3. The lowest BCUT2D eigenvalue weighted by atomic mass is 9.87. The molecule has 0 aromatic carbocycles. The predicted octanol–water partition coefficient (Wildman–Crippen LogP) is 11.9. The van der Waals surface area contributed by atoms with Gasteiger partial charge in [0, 0.05) is 25.7 Å². The van der Waals surface area contributed by atoms with Crippen LogP contribution in [0.4, 0.5) is 0 Å². The molecule has 232 valence electrons. The summed E-state index contributed by atoms with van der Waals surface area (Å²) >= 11 is 0. The van der Waals surface area contributed by atoms with Crippen molar-refractivity contribution in [3.63, 3.8) is 0 Å². The number of ether oxygens (including phenoxy) is 3. The molecule has 0 amide bonds. The maximum atomic E-state index is 6.84. The number of hydrogen-bond acceptors (Lipinski definition) is 3. The molecule has 2 heterocycles. The van der Waals surface area contributed by atoms with E-state index in [1.807, 2.05) is 0 Å². The third-order valence-electron chi connectivity index (χ3n) is 9.77. The van der Waals surface area contributed by atoms with E-state index < -0.39 is 0 Å². The first kappa shape index (κ1) is 35.1. The summed E-state index contributed by atoms with van der Waals surface area (Å²) in [7, 11) is 0. The molecular weight excluding hydrogens is 480 g/mol. The van der Waals surface area contributed by atoms with Crippen LogP contribution in [0.15, 0.2) is 0 Å². The molecule has 3 nitrogen and oxygen atoms in total. The van der Waals surface area contributed by atoms with Gasteiger partial charge in [-0.05, 0) is 24.7 Å². The van der Waals surface area contributed by atoms with Gasteiger partial charge < -0.3 is 14.2 Å². The molecular formula is C36H70O3. The fourth-order valence-corrected chi connectivity index (χ4v) is 6.93. The molecule has 0 radical (unpaired) electrons. The second-order valence-corrected chi connectivity index (χ2v) is 13.3. The van der Waals surface area contributed by atoms with Crippen LogP contribution in [-0.2, 0) is 14.2 Å². The van der Waals surface area contributed by atoms with Gasteiger partial charge in [-0.3, -0.25) is 0 Å². The van der Waals surface area contributed by atoms with Gasteiger partial charge in [-0.25, -0.2) is 0 Å². The van der Waals surface area contributed by atoms with Gasteiger partial charge in [-0.1, -0.05) is 156 Å². The van der Waals surface area contributed by atoms with Gasteiger partial charge in [-0.15, -0.1) is 0 Å². The van der Waals surface area contributed by atoms with Gasteiger partial charge in [0.05, 0.1) is 13.2 Å². The van der Waals surface area contributed by atoms with Gasteiger partial charge in [0.1, 0.15) is 0 Å². The second-order valence-electron chi connectivity index (χ2n) is 13.3. The molecule has 4 unspecified atom stereocenters. The van der Waals surface area contributed by atoms with E-state index in [1.165, 1.54) is 141 Å². The zero-order valence-corrected chi connectivity index (χ0v) is 27.2. The zero-order chi connectivity index (χ0) is 28.1. The van der Waals surface area contributed by atoms with Crippen molar-refractivity contribution in [1.82, 2.24) is 0 Å². The summed E-state index contributed by atoms with van der Waals surface area (Å²) in [5.41, 5.74) is 0. The molecule has 2 saturated heterocycles. The summed E-state index contributed by atoms with van der Waals surface area (Å²) in [4.78, 5) is 0. The molecule has 0 aromatic heterocycles. The Morgan fingerprint density at radius 2 is 0.769 bits per heavy atom. The van der Waals surface area contributed by atoms with Crippen LogP contribution in [0, 0.1) is 11.8 Å². The first-order chi connectivity index (χ1) is 19.1. The minimum atomic E-state index is -0.364. The van der Waals surface area contributed by atoms with Crippen LogP contribution in [0.25, 0.3) is 0 Å². The Morgan fingerprint density at radius 3 is 1.08 bits per heavy atom. The summed E-state index contributed by atoms with van der Waals surface area (Å²) in [6, 6.07) is 0. The molecule has 3 heteroatoms. The summed E-state index contributed by atoms with van der Waals surface area (Å²) in [5.74, 6) is 1.05. The van der Waals surface area contributed by atoms with Crippen molar-refractivity contribution >= 4 is 0 Å². The summed E-state index contributed by atoms with van der Waals surface area (Å²) in [5, 5.41) is 0. The molecule has 39 heavy (non-hydrogen) atoms. The summed E-state index contributed by atoms with van der Waals surface area (Å²) in [6.07, 6.45) is 34.4. The first-order valence-electron chi connectivity index (χ1n) is 18.1. The molecule has 0 saturated carbocycles. The van der Waals surface area contributed by atoms with Gasteiger partial charge in [-0.2, -0.15) is 0 Å². The van der Waals surface area contributed by atoms with Crippen LogP contribution in [0.3, 0.4) is 0 Å². The normalized spacial score (nSPS) is 24.3. The van der Waals surface area contributed by atoms with Crippen molar-refractivity contribution in [3.05, 3.63) is 0 Å². The van der Waals surface area contributed by atoms with E-state index in [0.29, 0.717) is 0 Å². The largest absolute Gasteiger partial charge is 0.349 e. The van der Waals surface area contributed by atoms with Crippen LogP contribution in [0.5, 0.6) is 0 Å². The fourth-order valence-electron chi connectivity index (χ4n) is 6.93. The molecule has 0 N–H and O–H groups in total. The van der Waals surface area contributed by atoms with Crippen molar-refractivity contribution in [1.29, 1.82) is 0 Å². The third-order valence-corrected chi connectivity index (χ3v) is 9.77. The highest BCUT2D eigenvalue weighted by Gasteiger charge is 2.50. The average Bonchev–Trinajstić information content (AvgIpc) is 2.89. The Labute approximate surface area is 245 Å². The zero-order valence-electron chi connectivity index (χ0n) is 27.2. The van der Waals surface area contributed by atoms with E-state index in [9.17, 15) is 0 Å². The Hall–Kier alpha value is -0.120. The summed E-state index contributed by atoms with van der Waals surface area (Å²) in [6.45, 7) is 11.0. The lowest BCUT2D eigenvalue weighted by Crippen LogP contribution is -2.57. The number of unbranched alkanes of at least 4 members (excludes halogenated alkanes) is 10. The van der Waals surface area contributed by atoms with Crippen LogP contribution in [0.1, 0.15) is 195 Å². The van der Waals surface area contributed by atoms with Crippen LogP contribution in [0.2, 0.25) is 0 Å². The maximum absolute atomic E-state index is 6.84. The van der Waals surface area contributed by atoms with E-state index in [4.69, 9.17) is 14.2 Å². The lowest BCUT2D eigenvalue weighted by molar-refractivity contribution is -0.432. The van der Waals surface area contributed by atoms with Crippen LogP contribution in [-0.4, -0.2) is 24.8 Å². The second kappa shape index (κ2) is 21.6. The Bertz CT molecular complexity index is 506. The topological polar surface area (TPSA) is 27.7 Å². The number of rotatable bonds is 28. The van der Waals surface area contributed by atoms with Gasteiger partial charge in [0.2, 0.25) is 0 Å². The minimum Gasteiger partial charge on any atom is -0.349 e.